The van der Waals surface area contributed by atoms with Crippen molar-refractivity contribution in [2.24, 2.45) is 0 Å². The van der Waals surface area contributed by atoms with Gasteiger partial charge in [0.15, 0.2) is 0 Å². The Bertz CT molecular complexity index is 487. The number of benzene rings is 1. The molecule has 0 bridgehead atoms. The minimum absolute atomic E-state index is 0.752. The second kappa shape index (κ2) is 3.78. The molecular formula is C12H12ClNS. The summed E-state index contributed by atoms with van der Waals surface area (Å²) in [5.41, 5.74) is 1.34. The highest BCUT2D eigenvalue weighted by Gasteiger charge is 2.20. The Kier molecular flexibility index (Phi) is 2.43. The van der Waals surface area contributed by atoms with Crippen LogP contribution in [0.3, 0.4) is 0 Å². The normalized spacial score (nSPS) is 16.1. The van der Waals surface area contributed by atoms with Crippen LogP contribution < -0.4 is 5.32 Å². The summed E-state index contributed by atoms with van der Waals surface area (Å²) in [5, 5.41) is 7.85. The third-order valence-electron chi connectivity index (χ3n) is 2.78. The van der Waals surface area contributed by atoms with Gasteiger partial charge in [0.25, 0.3) is 0 Å². The van der Waals surface area contributed by atoms with Crippen LogP contribution in [0, 0.1) is 0 Å². The topological polar surface area (TPSA) is 12.0 Å². The molecule has 0 spiro atoms. The van der Waals surface area contributed by atoms with Gasteiger partial charge in [-0.25, -0.2) is 0 Å². The highest BCUT2D eigenvalue weighted by molar-refractivity contribution is 7.17. The molecule has 1 fully saturated rings. The van der Waals surface area contributed by atoms with E-state index in [0.29, 0.717) is 0 Å². The van der Waals surface area contributed by atoms with Gasteiger partial charge in [-0.05, 0) is 35.9 Å². The van der Waals surface area contributed by atoms with Crippen LogP contribution in [-0.2, 0) is 6.54 Å². The second-order valence-electron chi connectivity index (χ2n) is 4.03. The molecule has 15 heavy (non-hydrogen) atoms. The fourth-order valence-corrected chi connectivity index (χ4v) is 3.12. The first-order chi connectivity index (χ1) is 7.34. The molecule has 1 aliphatic carbocycles. The number of thiophene rings is 1. The Morgan fingerprint density at radius 1 is 1.40 bits per heavy atom. The van der Waals surface area contributed by atoms with Gasteiger partial charge in [0.1, 0.15) is 0 Å². The SMILES string of the molecule is Clc1cccc2scc(CNC3CC3)c12. The first kappa shape index (κ1) is 9.64. The number of fused-ring (bicyclic) bond motifs is 1. The predicted molar refractivity (Wildman–Crippen MR) is 66.7 cm³/mol. The van der Waals surface area contributed by atoms with E-state index in [1.165, 1.54) is 28.5 Å². The lowest BCUT2D eigenvalue weighted by Gasteiger charge is -2.02. The van der Waals surface area contributed by atoms with Gasteiger partial charge in [-0.3, -0.25) is 0 Å². The van der Waals surface area contributed by atoms with E-state index in [-0.39, 0.29) is 0 Å². The van der Waals surface area contributed by atoms with Crippen molar-refractivity contribution in [1.29, 1.82) is 0 Å². The molecule has 0 aliphatic heterocycles. The van der Waals surface area contributed by atoms with Crippen LogP contribution >= 0.6 is 22.9 Å². The van der Waals surface area contributed by atoms with Crippen molar-refractivity contribution < 1.29 is 0 Å². The van der Waals surface area contributed by atoms with E-state index in [4.69, 9.17) is 11.6 Å². The largest absolute Gasteiger partial charge is 0.310 e. The Balaban J connectivity index is 1.94. The quantitative estimate of drug-likeness (QED) is 0.856. The molecule has 1 aromatic heterocycles. The first-order valence-electron chi connectivity index (χ1n) is 5.22. The maximum absolute atomic E-state index is 6.21. The van der Waals surface area contributed by atoms with Gasteiger partial charge in [0.05, 0.1) is 0 Å². The minimum atomic E-state index is 0.752. The maximum atomic E-state index is 6.21. The van der Waals surface area contributed by atoms with Crippen molar-refractivity contribution in [2.75, 3.05) is 0 Å². The molecule has 1 N–H and O–H groups in total. The number of hydrogen-bond acceptors (Lipinski definition) is 2. The second-order valence-corrected chi connectivity index (χ2v) is 5.35. The van der Waals surface area contributed by atoms with Gasteiger partial charge >= 0.3 is 0 Å². The lowest BCUT2D eigenvalue weighted by molar-refractivity contribution is 0.692. The van der Waals surface area contributed by atoms with Crippen LogP contribution in [0.1, 0.15) is 18.4 Å². The average Bonchev–Trinajstić information content (AvgIpc) is 2.96. The smallest absolute Gasteiger partial charge is 0.0496 e. The number of halogens is 1. The highest BCUT2D eigenvalue weighted by Crippen LogP contribution is 2.32. The molecule has 1 nitrogen and oxygen atoms in total. The summed E-state index contributed by atoms with van der Waals surface area (Å²) in [4.78, 5) is 0. The van der Waals surface area contributed by atoms with Crippen molar-refractivity contribution in [2.45, 2.75) is 25.4 Å². The lowest BCUT2D eigenvalue weighted by Crippen LogP contribution is -2.14. The molecule has 1 heterocycles. The van der Waals surface area contributed by atoms with E-state index < -0.39 is 0 Å². The first-order valence-corrected chi connectivity index (χ1v) is 6.48. The highest BCUT2D eigenvalue weighted by atomic mass is 35.5. The van der Waals surface area contributed by atoms with Crippen molar-refractivity contribution in [3.8, 4) is 0 Å². The lowest BCUT2D eigenvalue weighted by atomic mass is 10.2. The number of nitrogens with one attached hydrogen (secondary N) is 1. The van der Waals surface area contributed by atoms with Gasteiger partial charge < -0.3 is 5.32 Å². The summed E-state index contributed by atoms with van der Waals surface area (Å²) in [6.07, 6.45) is 2.66. The van der Waals surface area contributed by atoms with Crippen LogP contribution in [0.5, 0.6) is 0 Å². The molecule has 3 rings (SSSR count). The zero-order chi connectivity index (χ0) is 10.3. The summed E-state index contributed by atoms with van der Waals surface area (Å²) in [5.74, 6) is 0. The molecular weight excluding hydrogens is 226 g/mol. The zero-order valence-electron chi connectivity index (χ0n) is 8.29. The predicted octanol–water partition coefficient (Wildman–Crippen LogP) is 3.81. The molecule has 3 heteroatoms. The van der Waals surface area contributed by atoms with E-state index in [1.54, 1.807) is 11.3 Å². The standard InChI is InChI=1S/C12H12ClNS/c13-10-2-1-3-11-12(10)8(7-15-11)6-14-9-4-5-9/h1-3,7,9,14H,4-6H2. The van der Waals surface area contributed by atoms with Gasteiger partial charge in [0, 0.05) is 27.7 Å². The van der Waals surface area contributed by atoms with E-state index >= 15 is 0 Å². The number of hydrogen-bond donors (Lipinski definition) is 1. The molecule has 0 amide bonds. The monoisotopic (exact) mass is 237 g/mol. The molecule has 78 valence electrons. The summed E-state index contributed by atoms with van der Waals surface area (Å²) < 4.78 is 1.29. The van der Waals surface area contributed by atoms with Gasteiger partial charge in [0.2, 0.25) is 0 Å². The summed E-state index contributed by atoms with van der Waals surface area (Å²) >= 11 is 7.99. The fraction of sp³-hybridized carbons (Fsp3) is 0.333. The number of rotatable bonds is 3. The van der Waals surface area contributed by atoms with Crippen LogP contribution in [-0.4, -0.2) is 6.04 Å². The molecule has 0 unspecified atom stereocenters. The molecule has 1 aromatic carbocycles. The van der Waals surface area contributed by atoms with Crippen LogP contribution in [0.15, 0.2) is 23.6 Å². The van der Waals surface area contributed by atoms with Crippen LogP contribution in [0.4, 0.5) is 0 Å². The molecule has 1 aliphatic rings. The van der Waals surface area contributed by atoms with Crippen molar-refractivity contribution >= 4 is 33.0 Å². The summed E-state index contributed by atoms with van der Waals surface area (Å²) in [6, 6.07) is 6.87. The summed E-state index contributed by atoms with van der Waals surface area (Å²) in [7, 11) is 0. The van der Waals surface area contributed by atoms with Gasteiger partial charge in [-0.1, -0.05) is 17.7 Å². The molecule has 0 saturated heterocycles. The fourth-order valence-electron chi connectivity index (χ4n) is 1.78. The Morgan fingerprint density at radius 2 is 2.27 bits per heavy atom. The van der Waals surface area contributed by atoms with Gasteiger partial charge in [-0.2, -0.15) is 0 Å². The Labute approximate surface area is 98.1 Å². The van der Waals surface area contributed by atoms with Crippen molar-refractivity contribution in [3.05, 3.63) is 34.2 Å². The minimum Gasteiger partial charge on any atom is -0.310 e. The molecule has 0 atom stereocenters. The third-order valence-corrected chi connectivity index (χ3v) is 4.09. The zero-order valence-corrected chi connectivity index (χ0v) is 9.87. The summed E-state index contributed by atoms with van der Waals surface area (Å²) in [6.45, 7) is 0.953. The van der Waals surface area contributed by atoms with E-state index in [0.717, 1.165) is 17.6 Å². The molecule has 0 radical (unpaired) electrons. The Morgan fingerprint density at radius 3 is 3.07 bits per heavy atom. The molecule has 1 saturated carbocycles. The Hall–Kier alpha value is -0.570. The van der Waals surface area contributed by atoms with Crippen molar-refractivity contribution in [3.63, 3.8) is 0 Å². The average molecular weight is 238 g/mol. The maximum Gasteiger partial charge on any atom is 0.0496 e. The molecule has 2 aromatic rings. The van der Waals surface area contributed by atoms with E-state index in [1.807, 2.05) is 12.1 Å². The van der Waals surface area contributed by atoms with Crippen LogP contribution in [0.2, 0.25) is 5.02 Å². The van der Waals surface area contributed by atoms with Gasteiger partial charge in [-0.15, -0.1) is 11.3 Å². The van der Waals surface area contributed by atoms with Crippen LogP contribution in [0.25, 0.3) is 10.1 Å². The van der Waals surface area contributed by atoms with E-state index in [9.17, 15) is 0 Å². The van der Waals surface area contributed by atoms with E-state index in [2.05, 4.69) is 16.8 Å². The van der Waals surface area contributed by atoms with Crippen molar-refractivity contribution in [1.82, 2.24) is 5.32 Å². The third kappa shape index (κ3) is 1.89.